The highest BCUT2D eigenvalue weighted by molar-refractivity contribution is 7.91. The molecule has 0 spiro atoms. The summed E-state index contributed by atoms with van der Waals surface area (Å²) in [6, 6.07) is 10.9. The zero-order chi connectivity index (χ0) is 18.2. The summed E-state index contributed by atoms with van der Waals surface area (Å²) in [6.45, 7) is 0. The summed E-state index contributed by atoms with van der Waals surface area (Å²) in [5, 5.41) is 20.4. The molecule has 2 N–H and O–H groups in total. The molecule has 0 saturated heterocycles. The lowest BCUT2D eigenvalue weighted by Crippen LogP contribution is -2.08. The quantitative estimate of drug-likeness (QED) is 0.432. The van der Waals surface area contributed by atoms with Crippen molar-refractivity contribution in [1.29, 1.82) is 5.26 Å². The van der Waals surface area contributed by atoms with E-state index in [0.29, 0.717) is 0 Å². The van der Waals surface area contributed by atoms with Crippen molar-refractivity contribution in [3.05, 3.63) is 64.3 Å². The highest BCUT2D eigenvalue weighted by Crippen LogP contribution is 2.37. The van der Waals surface area contributed by atoms with Crippen molar-refractivity contribution in [1.82, 2.24) is 4.98 Å². The zero-order valence-electron chi connectivity index (χ0n) is 12.6. The van der Waals surface area contributed by atoms with Gasteiger partial charge in [0.1, 0.15) is 5.52 Å². The predicted octanol–water partition coefficient (Wildman–Crippen LogP) is 2.43. The van der Waals surface area contributed by atoms with E-state index in [-0.39, 0.29) is 27.0 Å². The second kappa shape index (κ2) is 5.85. The van der Waals surface area contributed by atoms with Gasteiger partial charge in [-0.1, -0.05) is 0 Å². The van der Waals surface area contributed by atoms with Crippen LogP contribution in [0.4, 0.5) is 11.4 Å². The van der Waals surface area contributed by atoms with Crippen molar-refractivity contribution in [2.75, 3.05) is 5.73 Å². The van der Waals surface area contributed by atoms with Crippen LogP contribution in [0.25, 0.3) is 10.9 Å². The van der Waals surface area contributed by atoms with E-state index in [0.717, 1.165) is 6.07 Å². The van der Waals surface area contributed by atoms with E-state index < -0.39 is 25.3 Å². The number of fused-ring (bicyclic) bond motifs is 1. The molecule has 0 fully saturated rings. The summed E-state index contributed by atoms with van der Waals surface area (Å²) in [5.41, 5.74) is 5.73. The number of rotatable bonds is 3. The van der Waals surface area contributed by atoms with Gasteiger partial charge in [-0.2, -0.15) is 5.26 Å². The fourth-order valence-corrected chi connectivity index (χ4v) is 3.94. The lowest BCUT2D eigenvalue weighted by atomic mass is 10.1. The van der Waals surface area contributed by atoms with E-state index >= 15 is 0 Å². The van der Waals surface area contributed by atoms with E-state index in [1.165, 1.54) is 42.6 Å². The number of pyridine rings is 1. The number of aromatic nitrogens is 1. The Morgan fingerprint density at radius 1 is 1.20 bits per heavy atom. The number of nitrogens with zero attached hydrogens (tertiary/aromatic N) is 3. The Kier molecular flexibility index (Phi) is 3.82. The van der Waals surface area contributed by atoms with Gasteiger partial charge in [-0.05, 0) is 42.5 Å². The van der Waals surface area contributed by atoms with Gasteiger partial charge in [0.2, 0.25) is 9.84 Å². The van der Waals surface area contributed by atoms with Crippen LogP contribution < -0.4 is 5.73 Å². The molecule has 0 aliphatic carbocycles. The molecular formula is C16H10N4O4S. The van der Waals surface area contributed by atoms with E-state index in [4.69, 9.17) is 11.0 Å². The normalized spacial score (nSPS) is 11.2. The van der Waals surface area contributed by atoms with Crippen molar-refractivity contribution < 1.29 is 13.3 Å². The fourth-order valence-electron chi connectivity index (χ4n) is 2.47. The molecule has 8 nitrogen and oxygen atoms in total. The maximum atomic E-state index is 12.9. The van der Waals surface area contributed by atoms with E-state index in [2.05, 4.69) is 4.98 Å². The standard InChI is InChI=1S/C16H10N4O4S/c17-9-10-3-5-11(6-4-10)25(23,24)14-8-13(18)15-12(2-1-7-19-15)16(14)20(21)22/h1-8H,18H2. The Morgan fingerprint density at radius 3 is 2.48 bits per heavy atom. The third-order valence-electron chi connectivity index (χ3n) is 3.62. The summed E-state index contributed by atoms with van der Waals surface area (Å²) < 4.78 is 25.8. The summed E-state index contributed by atoms with van der Waals surface area (Å²) in [5.74, 6) is 0. The Labute approximate surface area is 142 Å². The number of hydrogen-bond acceptors (Lipinski definition) is 7. The molecule has 0 aliphatic rings. The van der Waals surface area contributed by atoms with Crippen LogP contribution in [-0.2, 0) is 9.84 Å². The van der Waals surface area contributed by atoms with E-state index in [1.807, 2.05) is 6.07 Å². The topological polar surface area (TPSA) is 140 Å². The number of nitro groups is 1. The maximum Gasteiger partial charge on any atom is 0.297 e. The number of nitrogen functional groups attached to an aromatic ring is 1. The first-order valence-electron chi connectivity index (χ1n) is 6.93. The van der Waals surface area contributed by atoms with Gasteiger partial charge >= 0.3 is 0 Å². The minimum absolute atomic E-state index is 0.0217. The molecule has 9 heteroatoms. The summed E-state index contributed by atoms with van der Waals surface area (Å²) >= 11 is 0. The van der Waals surface area contributed by atoms with Crippen LogP contribution in [0.2, 0.25) is 0 Å². The van der Waals surface area contributed by atoms with Gasteiger partial charge < -0.3 is 5.73 Å². The number of nitriles is 1. The summed E-state index contributed by atoms with van der Waals surface area (Å²) in [7, 11) is -4.21. The molecule has 0 amide bonds. The Bertz CT molecular complexity index is 1150. The SMILES string of the molecule is N#Cc1ccc(S(=O)(=O)c2cc(N)c3ncccc3c2[N+](=O)[O-])cc1. The average Bonchev–Trinajstić information content (AvgIpc) is 2.61. The van der Waals surface area contributed by atoms with Gasteiger partial charge in [0, 0.05) is 6.20 Å². The first-order valence-corrected chi connectivity index (χ1v) is 8.41. The van der Waals surface area contributed by atoms with Crippen molar-refractivity contribution in [2.24, 2.45) is 0 Å². The van der Waals surface area contributed by atoms with Crippen LogP contribution in [0.3, 0.4) is 0 Å². The number of nitro benzene ring substituents is 1. The summed E-state index contributed by atoms with van der Waals surface area (Å²) in [4.78, 5) is 14.1. The molecule has 0 bridgehead atoms. The molecule has 1 heterocycles. The van der Waals surface area contributed by atoms with Crippen molar-refractivity contribution >= 4 is 32.1 Å². The average molecular weight is 354 g/mol. The molecule has 25 heavy (non-hydrogen) atoms. The van der Waals surface area contributed by atoms with Crippen LogP contribution in [0.15, 0.2) is 58.5 Å². The highest BCUT2D eigenvalue weighted by atomic mass is 32.2. The molecule has 0 aliphatic heterocycles. The van der Waals surface area contributed by atoms with Crippen LogP contribution in [0, 0.1) is 21.4 Å². The second-order valence-electron chi connectivity index (χ2n) is 5.11. The Balaban J connectivity index is 2.35. The molecule has 124 valence electrons. The molecule has 2 aromatic carbocycles. The predicted molar refractivity (Wildman–Crippen MR) is 89.4 cm³/mol. The minimum atomic E-state index is -4.21. The molecule has 3 aromatic rings. The largest absolute Gasteiger partial charge is 0.397 e. The van der Waals surface area contributed by atoms with Crippen molar-refractivity contribution in [2.45, 2.75) is 9.79 Å². The van der Waals surface area contributed by atoms with E-state index in [1.54, 1.807) is 0 Å². The summed E-state index contributed by atoms with van der Waals surface area (Å²) in [6.07, 6.45) is 1.41. The molecule has 0 atom stereocenters. The van der Waals surface area contributed by atoms with Gasteiger partial charge in [-0.3, -0.25) is 15.1 Å². The van der Waals surface area contributed by atoms with Gasteiger partial charge in [-0.15, -0.1) is 0 Å². The van der Waals surface area contributed by atoms with Crippen LogP contribution in [-0.4, -0.2) is 18.3 Å². The van der Waals surface area contributed by atoms with Crippen molar-refractivity contribution in [3.8, 4) is 6.07 Å². The molecule has 0 unspecified atom stereocenters. The monoisotopic (exact) mass is 354 g/mol. The number of sulfone groups is 1. The fraction of sp³-hybridized carbons (Fsp3) is 0. The lowest BCUT2D eigenvalue weighted by Gasteiger charge is -2.09. The maximum absolute atomic E-state index is 12.9. The van der Waals surface area contributed by atoms with Gasteiger partial charge in [-0.25, -0.2) is 8.42 Å². The number of anilines is 1. The van der Waals surface area contributed by atoms with Gasteiger partial charge in [0.05, 0.1) is 32.5 Å². The second-order valence-corrected chi connectivity index (χ2v) is 7.03. The smallest absolute Gasteiger partial charge is 0.297 e. The number of nitrogens with two attached hydrogens (primary N) is 1. The highest BCUT2D eigenvalue weighted by Gasteiger charge is 2.31. The third kappa shape index (κ3) is 2.64. The van der Waals surface area contributed by atoms with Crippen LogP contribution >= 0.6 is 0 Å². The molecule has 1 aromatic heterocycles. The van der Waals surface area contributed by atoms with Gasteiger partial charge in [0.25, 0.3) is 5.69 Å². The van der Waals surface area contributed by atoms with Crippen LogP contribution in [0.5, 0.6) is 0 Å². The van der Waals surface area contributed by atoms with Crippen LogP contribution in [0.1, 0.15) is 5.56 Å². The number of benzene rings is 2. The molecular weight excluding hydrogens is 344 g/mol. The third-order valence-corrected chi connectivity index (χ3v) is 5.41. The first-order chi connectivity index (χ1) is 11.9. The Hall–Kier alpha value is -3.51. The Morgan fingerprint density at radius 2 is 1.88 bits per heavy atom. The lowest BCUT2D eigenvalue weighted by molar-refractivity contribution is -0.386. The van der Waals surface area contributed by atoms with Crippen molar-refractivity contribution in [3.63, 3.8) is 0 Å². The first kappa shape index (κ1) is 16.4. The molecule has 0 radical (unpaired) electrons. The zero-order valence-corrected chi connectivity index (χ0v) is 13.4. The molecule has 0 saturated carbocycles. The molecule has 3 rings (SSSR count). The van der Waals surface area contributed by atoms with Gasteiger partial charge in [0.15, 0.2) is 4.90 Å². The van der Waals surface area contributed by atoms with E-state index in [9.17, 15) is 18.5 Å². The minimum Gasteiger partial charge on any atom is -0.397 e. The number of hydrogen-bond donors (Lipinski definition) is 1.